The molecule has 3 aromatic rings. The molecule has 162 valence electrons. The van der Waals surface area contributed by atoms with Crippen molar-refractivity contribution < 1.29 is 14.3 Å². The third kappa shape index (κ3) is 5.42. The first-order valence-electron chi connectivity index (χ1n) is 10.7. The van der Waals surface area contributed by atoms with Crippen LogP contribution in [0.3, 0.4) is 0 Å². The molecule has 0 bridgehead atoms. The smallest absolute Gasteiger partial charge is 0.337 e. The predicted molar refractivity (Wildman–Crippen MR) is 124 cm³/mol. The van der Waals surface area contributed by atoms with Crippen LogP contribution in [0.2, 0.25) is 0 Å². The predicted octanol–water partition coefficient (Wildman–Crippen LogP) is 4.08. The van der Waals surface area contributed by atoms with Gasteiger partial charge in [-0.15, -0.1) is 0 Å². The second-order valence-corrected chi connectivity index (χ2v) is 7.79. The van der Waals surface area contributed by atoms with Crippen molar-refractivity contribution in [1.29, 1.82) is 0 Å². The molecule has 0 unspecified atom stereocenters. The van der Waals surface area contributed by atoms with E-state index < -0.39 is 0 Å². The molecule has 0 radical (unpaired) electrons. The van der Waals surface area contributed by atoms with Crippen LogP contribution >= 0.6 is 0 Å². The lowest BCUT2D eigenvalue weighted by atomic mass is 10.0. The number of pyridine rings is 1. The summed E-state index contributed by atoms with van der Waals surface area (Å²) in [4.78, 5) is 18.6. The summed E-state index contributed by atoms with van der Waals surface area (Å²) in [6.07, 6.45) is 1.62. The van der Waals surface area contributed by atoms with E-state index in [1.165, 1.54) is 12.7 Å². The van der Waals surface area contributed by atoms with E-state index in [1.807, 2.05) is 25.1 Å². The first-order chi connectivity index (χ1) is 15.6. The van der Waals surface area contributed by atoms with Gasteiger partial charge in [0.15, 0.2) is 0 Å². The molecule has 1 saturated heterocycles. The van der Waals surface area contributed by atoms with E-state index in [0.717, 1.165) is 60.8 Å². The van der Waals surface area contributed by atoms with Gasteiger partial charge in [-0.2, -0.15) is 0 Å². The number of esters is 1. The second-order valence-electron chi connectivity index (χ2n) is 7.79. The van der Waals surface area contributed by atoms with Gasteiger partial charge in [-0.25, -0.2) is 4.79 Å². The summed E-state index contributed by atoms with van der Waals surface area (Å²) in [5.41, 5.74) is 6.46. The molecule has 5 heteroatoms. The molecule has 0 amide bonds. The van der Waals surface area contributed by atoms with E-state index in [0.29, 0.717) is 5.56 Å². The summed E-state index contributed by atoms with van der Waals surface area (Å²) in [7, 11) is 1.37. The summed E-state index contributed by atoms with van der Waals surface area (Å²) >= 11 is 0. The van der Waals surface area contributed by atoms with Gasteiger partial charge in [0.1, 0.15) is 0 Å². The zero-order chi connectivity index (χ0) is 22.3. The number of morpholine rings is 1. The van der Waals surface area contributed by atoms with Gasteiger partial charge >= 0.3 is 5.97 Å². The molecule has 4 rings (SSSR count). The molecule has 1 aliphatic rings. The highest BCUT2D eigenvalue weighted by atomic mass is 16.5. The van der Waals surface area contributed by atoms with Gasteiger partial charge in [0.25, 0.3) is 0 Å². The largest absolute Gasteiger partial charge is 0.465 e. The minimum atomic E-state index is -0.371. The SMILES string of the molecule is COC(=O)c1ccnc(-c2ccc(C#Cc3ccc(CN4CCOCC4)cc3)cc2C)c1. The maximum atomic E-state index is 11.8. The van der Waals surface area contributed by atoms with Crippen molar-refractivity contribution in [1.82, 2.24) is 9.88 Å². The standard InChI is InChI=1S/C27H26N2O3/c1-20-17-22(9-10-25(20)26-18-24(11-12-28-26)27(30)31-2)6-3-21-4-7-23(8-5-21)19-29-13-15-32-16-14-29/h4-5,7-12,17-18H,13-16,19H2,1-2H3. The monoisotopic (exact) mass is 426 g/mol. The number of hydrogen-bond acceptors (Lipinski definition) is 5. The Balaban J connectivity index is 1.46. The van der Waals surface area contributed by atoms with Crippen molar-refractivity contribution in [2.24, 2.45) is 0 Å². The van der Waals surface area contributed by atoms with Crippen LogP contribution in [0, 0.1) is 18.8 Å². The summed E-state index contributed by atoms with van der Waals surface area (Å²) in [6.45, 7) is 6.57. The van der Waals surface area contributed by atoms with E-state index in [1.54, 1.807) is 18.3 Å². The molecule has 1 aromatic heterocycles. The molecule has 32 heavy (non-hydrogen) atoms. The van der Waals surface area contributed by atoms with E-state index >= 15 is 0 Å². The third-order valence-electron chi connectivity index (χ3n) is 5.50. The van der Waals surface area contributed by atoms with Crippen molar-refractivity contribution in [2.45, 2.75) is 13.5 Å². The Morgan fingerprint density at radius 3 is 2.47 bits per heavy atom. The molecular weight excluding hydrogens is 400 g/mol. The fourth-order valence-electron chi connectivity index (χ4n) is 3.71. The number of methoxy groups -OCH3 is 1. The molecule has 1 aliphatic heterocycles. The van der Waals surface area contributed by atoms with Gasteiger partial charge in [-0.05, 0) is 54.4 Å². The highest BCUT2D eigenvalue weighted by molar-refractivity contribution is 5.90. The Morgan fingerprint density at radius 1 is 1.03 bits per heavy atom. The first kappa shape index (κ1) is 21.8. The topological polar surface area (TPSA) is 51.7 Å². The van der Waals surface area contributed by atoms with Crippen LogP contribution in [0.5, 0.6) is 0 Å². The van der Waals surface area contributed by atoms with Crippen LogP contribution in [0.1, 0.15) is 32.6 Å². The van der Waals surface area contributed by atoms with Gasteiger partial charge in [0.05, 0.1) is 31.6 Å². The summed E-state index contributed by atoms with van der Waals surface area (Å²) < 4.78 is 10.2. The average molecular weight is 427 g/mol. The van der Waals surface area contributed by atoms with E-state index in [9.17, 15) is 4.79 Å². The number of benzene rings is 2. The van der Waals surface area contributed by atoms with Crippen LogP contribution in [0.25, 0.3) is 11.3 Å². The first-order valence-corrected chi connectivity index (χ1v) is 10.7. The maximum Gasteiger partial charge on any atom is 0.337 e. The normalized spacial score (nSPS) is 13.8. The summed E-state index contributed by atoms with van der Waals surface area (Å²) in [5.74, 6) is 6.13. The van der Waals surface area contributed by atoms with Crippen LogP contribution < -0.4 is 0 Å². The zero-order valence-corrected chi connectivity index (χ0v) is 18.4. The molecule has 0 N–H and O–H groups in total. The third-order valence-corrected chi connectivity index (χ3v) is 5.50. The van der Waals surface area contributed by atoms with Crippen LogP contribution in [-0.4, -0.2) is 49.3 Å². The van der Waals surface area contributed by atoms with Gasteiger partial charge < -0.3 is 9.47 Å². The fraction of sp³-hybridized carbons (Fsp3) is 0.259. The van der Waals surface area contributed by atoms with Crippen LogP contribution in [-0.2, 0) is 16.0 Å². The number of aromatic nitrogens is 1. The van der Waals surface area contributed by atoms with E-state index in [2.05, 4.69) is 46.0 Å². The Kier molecular flexibility index (Phi) is 6.96. The van der Waals surface area contributed by atoms with Crippen molar-refractivity contribution in [3.63, 3.8) is 0 Å². The quantitative estimate of drug-likeness (QED) is 0.465. The van der Waals surface area contributed by atoms with Crippen molar-refractivity contribution in [3.05, 3.63) is 88.6 Å². The summed E-state index contributed by atoms with van der Waals surface area (Å²) in [6, 6.07) is 17.9. The number of hydrogen-bond donors (Lipinski definition) is 0. The number of nitrogens with zero attached hydrogens (tertiary/aromatic N) is 2. The molecule has 0 aliphatic carbocycles. The number of carbonyl (C=O) groups is 1. The molecule has 5 nitrogen and oxygen atoms in total. The molecular formula is C27H26N2O3. The molecule has 0 saturated carbocycles. The van der Waals surface area contributed by atoms with Gasteiger partial charge in [0.2, 0.25) is 0 Å². The van der Waals surface area contributed by atoms with Gasteiger partial charge in [-0.1, -0.05) is 30.0 Å². The van der Waals surface area contributed by atoms with E-state index in [-0.39, 0.29) is 5.97 Å². The maximum absolute atomic E-state index is 11.8. The van der Waals surface area contributed by atoms with Gasteiger partial charge in [-0.3, -0.25) is 9.88 Å². The molecule has 2 aromatic carbocycles. The number of rotatable bonds is 4. The highest BCUT2D eigenvalue weighted by Gasteiger charge is 2.11. The molecule has 1 fully saturated rings. The minimum absolute atomic E-state index is 0.371. The minimum Gasteiger partial charge on any atom is -0.465 e. The Morgan fingerprint density at radius 2 is 1.75 bits per heavy atom. The molecule has 0 atom stereocenters. The van der Waals surface area contributed by atoms with Crippen LogP contribution in [0.4, 0.5) is 0 Å². The lowest BCUT2D eigenvalue weighted by Gasteiger charge is -2.26. The number of aryl methyl sites for hydroxylation is 1. The second kappa shape index (κ2) is 10.2. The van der Waals surface area contributed by atoms with Crippen molar-refractivity contribution in [2.75, 3.05) is 33.4 Å². The Labute approximate surface area is 189 Å². The Bertz CT molecular complexity index is 1150. The molecule has 2 heterocycles. The van der Waals surface area contributed by atoms with Crippen molar-refractivity contribution >= 4 is 5.97 Å². The van der Waals surface area contributed by atoms with E-state index in [4.69, 9.17) is 9.47 Å². The Hall–Kier alpha value is -3.46. The van der Waals surface area contributed by atoms with Gasteiger partial charge in [0, 0.05) is 42.5 Å². The lowest BCUT2D eigenvalue weighted by Crippen LogP contribution is -2.35. The summed E-state index contributed by atoms with van der Waals surface area (Å²) in [5, 5.41) is 0. The van der Waals surface area contributed by atoms with Crippen molar-refractivity contribution in [3.8, 4) is 23.1 Å². The zero-order valence-electron chi connectivity index (χ0n) is 18.4. The molecule has 0 spiro atoms. The van der Waals surface area contributed by atoms with Crippen LogP contribution in [0.15, 0.2) is 60.8 Å². The highest BCUT2D eigenvalue weighted by Crippen LogP contribution is 2.23. The number of carbonyl (C=O) groups excluding carboxylic acids is 1. The average Bonchev–Trinajstić information content (AvgIpc) is 2.84. The fourth-order valence-corrected chi connectivity index (χ4v) is 3.71. The number of ether oxygens (including phenoxy) is 2. The lowest BCUT2D eigenvalue weighted by molar-refractivity contribution is 0.0342.